The van der Waals surface area contributed by atoms with Crippen LogP contribution in [0.3, 0.4) is 0 Å². The van der Waals surface area contributed by atoms with Crippen LogP contribution in [0.1, 0.15) is 45.9 Å². The number of hydrogen-bond donors (Lipinski definition) is 0. The Hall–Kier alpha value is -1.87. The molecule has 3 nitrogen and oxygen atoms in total. The van der Waals surface area contributed by atoms with Crippen molar-refractivity contribution in [3.63, 3.8) is 0 Å². The molecular formula is C15H12ClNO2. The normalized spacial score (nSPS) is 17.6. The molecule has 2 aromatic rings. The van der Waals surface area contributed by atoms with E-state index in [1.54, 1.807) is 36.4 Å². The van der Waals surface area contributed by atoms with Gasteiger partial charge in [0.15, 0.2) is 5.78 Å². The number of ketones is 2. The number of carbonyl (C=O) groups is 2. The van der Waals surface area contributed by atoms with Crippen molar-refractivity contribution in [3.8, 4) is 0 Å². The molecular weight excluding hydrogens is 262 g/mol. The molecule has 1 atom stereocenters. The Morgan fingerprint density at radius 1 is 1.21 bits per heavy atom. The van der Waals surface area contributed by atoms with Gasteiger partial charge in [0, 0.05) is 23.0 Å². The van der Waals surface area contributed by atoms with E-state index in [1.807, 2.05) is 11.5 Å². The molecule has 0 bridgehead atoms. The topological polar surface area (TPSA) is 39.1 Å². The summed E-state index contributed by atoms with van der Waals surface area (Å²) in [7, 11) is 0. The van der Waals surface area contributed by atoms with Gasteiger partial charge in [0.1, 0.15) is 0 Å². The van der Waals surface area contributed by atoms with Gasteiger partial charge in [0.05, 0.1) is 11.4 Å². The summed E-state index contributed by atoms with van der Waals surface area (Å²) in [6, 6.07) is 10.3. The van der Waals surface area contributed by atoms with Crippen molar-refractivity contribution in [2.45, 2.75) is 19.4 Å². The summed E-state index contributed by atoms with van der Waals surface area (Å²) in [4.78, 5) is 24.2. The van der Waals surface area contributed by atoms with Crippen LogP contribution < -0.4 is 0 Å². The molecule has 0 N–H and O–H groups in total. The van der Waals surface area contributed by atoms with E-state index >= 15 is 0 Å². The number of hydrogen-bond acceptors (Lipinski definition) is 2. The molecule has 19 heavy (non-hydrogen) atoms. The van der Waals surface area contributed by atoms with Crippen LogP contribution in [-0.4, -0.2) is 16.1 Å². The molecule has 1 aliphatic rings. The van der Waals surface area contributed by atoms with Crippen molar-refractivity contribution < 1.29 is 9.59 Å². The zero-order valence-electron chi connectivity index (χ0n) is 10.4. The number of benzene rings is 1. The molecule has 2 heterocycles. The van der Waals surface area contributed by atoms with Gasteiger partial charge in [-0.2, -0.15) is 0 Å². The summed E-state index contributed by atoms with van der Waals surface area (Å²) in [5, 5.41) is 0.598. The molecule has 3 rings (SSSR count). The van der Waals surface area contributed by atoms with Crippen LogP contribution in [0, 0.1) is 0 Å². The highest BCUT2D eigenvalue weighted by atomic mass is 35.5. The van der Waals surface area contributed by atoms with E-state index < -0.39 is 0 Å². The highest BCUT2D eigenvalue weighted by Gasteiger charge is 2.30. The fraction of sp³-hybridized carbons (Fsp3) is 0.200. The second-order valence-electron chi connectivity index (χ2n) is 4.79. The third-order valence-corrected chi connectivity index (χ3v) is 3.72. The first-order chi connectivity index (χ1) is 9.08. The molecule has 0 fully saturated rings. The van der Waals surface area contributed by atoms with Gasteiger partial charge in [0.25, 0.3) is 0 Å². The van der Waals surface area contributed by atoms with Crippen molar-refractivity contribution in [2.24, 2.45) is 0 Å². The summed E-state index contributed by atoms with van der Waals surface area (Å²) in [5.41, 5.74) is 1.78. The lowest BCUT2D eigenvalue weighted by Gasteiger charge is -2.10. The quantitative estimate of drug-likeness (QED) is 0.786. The Morgan fingerprint density at radius 3 is 2.58 bits per heavy atom. The van der Waals surface area contributed by atoms with Crippen molar-refractivity contribution in [1.82, 2.24) is 4.57 Å². The smallest absolute Gasteiger partial charge is 0.209 e. The SMILES string of the molecule is CC1CC(=O)c2ccc(C(=O)c3ccc(Cl)cc3)n21. The molecule has 0 aliphatic carbocycles. The van der Waals surface area contributed by atoms with Gasteiger partial charge in [-0.05, 0) is 43.3 Å². The molecule has 1 aromatic carbocycles. The van der Waals surface area contributed by atoms with Gasteiger partial charge in [-0.15, -0.1) is 0 Å². The number of halogens is 1. The van der Waals surface area contributed by atoms with E-state index in [9.17, 15) is 9.59 Å². The second-order valence-corrected chi connectivity index (χ2v) is 5.22. The average Bonchev–Trinajstić information content (AvgIpc) is 2.93. The summed E-state index contributed by atoms with van der Waals surface area (Å²) in [6.45, 7) is 1.95. The maximum Gasteiger partial charge on any atom is 0.209 e. The Labute approximate surface area is 115 Å². The number of Topliss-reactive ketones (excluding diaryl/α,β-unsaturated/α-hetero) is 1. The summed E-state index contributed by atoms with van der Waals surface area (Å²) in [6.07, 6.45) is 0.469. The Balaban J connectivity index is 2.04. The lowest BCUT2D eigenvalue weighted by Crippen LogP contribution is -2.11. The van der Waals surface area contributed by atoms with E-state index in [-0.39, 0.29) is 17.6 Å². The summed E-state index contributed by atoms with van der Waals surface area (Å²) < 4.78 is 1.83. The lowest BCUT2D eigenvalue weighted by molar-refractivity contribution is 0.0988. The van der Waals surface area contributed by atoms with Crippen molar-refractivity contribution in [3.05, 3.63) is 58.4 Å². The average molecular weight is 274 g/mol. The standard InChI is InChI=1S/C15H12ClNO2/c1-9-8-14(18)12-6-7-13(17(9)12)15(19)10-2-4-11(16)5-3-10/h2-7,9H,8H2,1H3. The van der Waals surface area contributed by atoms with E-state index in [0.717, 1.165) is 0 Å². The third kappa shape index (κ3) is 1.90. The van der Waals surface area contributed by atoms with Gasteiger partial charge in [-0.1, -0.05) is 11.6 Å². The van der Waals surface area contributed by atoms with Crippen molar-refractivity contribution >= 4 is 23.2 Å². The highest BCUT2D eigenvalue weighted by Crippen LogP contribution is 2.29. The predicted octanol–water partition coefficient (Wildman–Crippen LogP) is 3.52. The first kappa shape index (κ1) is 12.2. The maximum absolute atomic E-state index is 12.5. The van der Waals surface area contributed by atoms with Crippen molar-refractivity contribution in [1.29, 1.82) is 0 Å². The van der Waals surface area contributed by atoms with Crippen LogP contribution in [0.4, 0.5) is 0 Å². The summed E-state index contributed by atoms with van der Waals surface area (Å²) in [5.74, 6) is 0.0205. The molecule has 0 spiro atoms. The van der Waals surface area contributed by atoms with Crippen molar-refractivity contribution in [2.75, 3.05) is 0 Å². The molecule has 0 saturated carbocycles. The van der Waals surface area contributed by atoms with E-state index in [0.29, 0.717) is 28.4 Å². The second kappa shape index (κ2) is 4.35. The molecule has 0 amide bonds. The first-order valence-corrected chi connectivity index (χ1v) is 6.50. The number of carbonyl (C=O) groups excluding carboxylic acids is 2. The van der Waals surface area contributed by atoms with Crippen LogP contribution in [0.25, 0.3) is 0 Å². The Bertz CT molecular complexity index is 670. The van der Waals surface area contributed by atoms with Gasteiger partial charge >= 0.3 is 0 Å². The number of rotatable bonds is 2. The minimum Gasteiger partial charge on any atom is -0.332 e. The maximum atomic E-state index is 12.5. The van der Waals surface area contributed by atoms with Gasteiger partial charge < -0.3 is 4.57 Å². The fourth-order valence-electron chi connectivity index (χ4n) is 2.55. The molecule has 4 heteroatoms. The van der Waals surface area contributed by atoms with Crippen LogP contribution in [0.5, 0.6) is 0 Å². The minimum atomic E-state index is -0.0792. The number of aromatic nitrogens is 1. The molecule has 96 valence electrons. The first-order valence-electron chi connectivity index (χ1n) is 6.12. The number of nitrogens with zero attached hydrogens (tertiary/aromatic N) is 1. The summed E-state index contributed by atoms with van der Waals surface area (Å²) >= 11 is 5.82. The zero-order valence-corrected chi connectivity index (χ0v) is 11.1. The molecule has 0 radical (unpaired) electrons. The largest absolute Gasteiger partial charge is 0.332 e. The van der Waals surface area contributed by atoms with E-state index in [4.69, 9.17) is 11.6 Å². The van der Waals surface area contributed by atoms with E-state index in [1.165, 1.54) is 0 Å². The van der Waals surface area contributed by atoms with Gasteiger partial charge in [0.2, 0.25) is 5.78 Å². The monoisotopic (exact) mass is 273 g/mol. The van der Waals surface area contributed by atoms with Gasteiger partial charge in [-0.3, -0.25) is 9.59 Å². The van der Waals surface area contributed by atoms with Crippen LogP contribution in [0.15, 0.2) is 36.4 Å². The number of fused-ring (bicyclic) bond motifs is 1. The van der Waals surface area contributed by atoms with Crippen LogP contribution >= 0.6 is 11.6 Å². The highest BCUT2D eigenvalue weighted by molar-refractivity contribution is 6.30. The molecule has 1 unspecified atom stereocenters. The predicted molar refractivity (Wildman–Crippen MR) is 73.0 cm³/mol. The zero-order chi connectivity index (χ0) is 13.6. The lowest BCUT2D eigenvalue weighted by atomic mass is 10.1. The third-order valence-electron chi connectivity index (χ3n) is 3.46. The fourth-order valence-corrected chi connectivity index (χ4v) is 2.67. The van der Waals surface area contributed by atoms with Crippen LogP contribution in [-0.2, 0) is 0 Å². The molecule has 0 saturated heterocycles. The molecule has 1 aliphatic heterocycles. The molecule has 1 aromatic heterocycles. The Morgan fingerprint density at radius 2 is 1.89 bits per heavy atom. The minimum absolute atomic E-state index is 0.0451. The van der Waals surface area contributed by atoms with Gasteiger partial charge in [-0.25, -0.2) is 0 Å². The van der Waals surface area contributed by atoms with E-state index in [2.05, 4.69) is 0 Å². The van der Waals surface area contributed by atoms with Crippen LogP contribution in [0.2, 0.25) is 5.02 Å². The Kier molecular flexibility index (Phi) is 2.79.